The Kier molecular flexibility index (Phi) is 4.68. The van der Waals surface area contributed by atoms with Crippen LogP contribution in [0.5, 0.6) is 0 Å². The molecule has 0 amide bonds. The maximum atomic E-state index is 3.72. The average molecular weight is 245 g/mol. The summed E-state index contributed by atoms with van der Waals surface area (Å²) in [6.07, 6.45) is 6.57. The molecule has 1 nitrogen and oxygen atoms in total. The van der Waals surface area contributed by atoms with E-state index in [4.69, 9.17) is 0 Å². The molecule has 2 rings (SSSR count). The number of hydrogen-bond donors (Lipinski definition) is 1. The van der Waals surface area contributed by atoms with E-state index in [0.29, 0.717) is 6.04 Å². The zero-order valence-electron chi connectivity index (χ0n) is 12.1. The molecule has 0 heterocycles. The van der Waals surface area contributed by atoms with Crippen LogP contribution >= 0.6 is 0 Å². The van der Waals surface area contributed by atoms with E-state index in [1.165, 1.54) is 36.9 Å². The first kappa shape index (κ1) is 13.5. The van der Waals surface area contributed by atoms with Crippen molar-refractivity contribution < 1.29 is 0 Å². The third-order valence-electron chi connectivity index (χ3n) is 4.42. The van der Waals surface area contributed by atoms with Crippen molar-refractivity contribution in [2.75, 3.05) is 5.32 Å². The maximum absolute atomic E-state index is 3.72. The van der Waals surface area contributed by atoms with Gasteiger partial charge >= 0.3 is 0 Å². The van der Waals surface area contributed by atoms with E-state index in [-0.39, 0.29) is 0 Å². The summed E-state index contributed by atoms with van der Waals surface area (Å²) in [5.74, 6) is 1.80. The van der Waals surface area contributed by atoms with Crippen LogP contribution in [0, 0.1) is 11.8 Å². The van der Waals surface area contributed by atoms with Crippen LogP contribution in [-0.4, -0.2) is 6.04 Å². The molecule has 1 N–H and O–H groups in total. The van der Waals surface area contributed by atoms with Gasteiger partial charge in [-0.15, -0.1) is 0 Å². The molecule has 0 bridgehead atoms. The summed E-state index contributed by atoms with van der Waals surface area (Å²) in [5.41, 5.74) is 2.73. The van der Waals surface area contributed by atoms with Gasteiger partial charge < -0.3 is 5.32 Å². The lowest BCUT2D eigenvalue weighted by molar-refractivity contribution is 0.267. The highest BCUT2D eigenvalue weighted by atomic mass is 14.9. The summed E-state index contributed by atoms with van der Waals surface area (Å²) in [4.78, 5) is 0. The van der Waals surface area contributed by atoms with Crippen LogP contribution in [-0.2, 0) is 6.42 Å². The van der Waals surface area contributed by atoms with Gasteiger partial charge in [0.1, 0.15) is 0 Å². The first-order valence-corrected chi connectivity index (χ1v) is 7.54. The maximum Gasteiger partial charge on any atom is 0.0345 e. The second-order valence-corrected chi connectivity index (χ2v) is 6.05. The van der Waals surface area contributed by atoms with Gasteiger partial charge in [0.15, 0.2) is 0 Å². The fourth-order valence-electron chi connectivity index (χ4n) is 3.05. The number of anilines is 1. The Bertz CT molecular complexity index is 362. The molecule has 18 heavy (non-hydrogen) atoms. The molecule has 0 unspecified atom stereocenters. The number of nitrogens with one attached hydrogen (secondary N) is 1. The largest absolute Gasteiger partial charge is 0.382 e. The zero-order chi connectivity index (χ0) is 13.0. The predicted molar refractivity (Wildman–Crippen MR) is 80.0 cm³/mol. The van der Waals surface area contributed by atoms with E-state index in [1.807, 2.05) is 0 Å². The van der Waals surface area contributed by atoms with Gasteiger partial charge in [-0.2, -0.15) is 0 Å². The standard InChI is InChI=1S/C17H27N/c1-4-14-6-5-7-17(12-14)18-16-10-8-15(9-11-16)13(2)3/h5-7,12-13,15-16,18H,4,8-11H2,1-3H3. The van der Waals surface area contributed by atoms with Crippen molar-refractivity contribution in [2.24, 2.45) is 11.8 Å². The van der Waals surface area contributed by atoms with Crippen molar-refractivity contribution >= 4 is 5.69 Å². The summed E-state index contributed by atoms with van der Waals surface area (Å²) >= 11 is 0. The molecular formula is C17H27N. The minimum Gasteiger partial charge on any atom is -0.382 e. The molecule has 1 fully saturated rings. The number of hydrogen-bond acceptors (Lipinski definition) is 1. The molecule has 0 radical (unpaired) electrons. The molecule has 0 aromatic heterocycles. The molecule has 1 aliphatic carbocycles. The first-order valence-electron chi connectivity index (χ1n) is 7.54. The topological polar surface area (TPSA) is 12.0 Å². The smallest absolute Gasteiger partial charge is 0.0345 e. The third kappa shape index (κ3) is 3.51. The van der Waals surface area contributed by atoms with Crippen LogP contribution in [0.3, 0.4) is 0 Å². The summed E-state index contributed by atoms with van der Waals surface area (Å²) in [6.45, 7) is 6.94. The van der Waals surface area contributed by atoms with Crippen molar-refractivity contribution in [1.29, 1.82) is 0 Å². The molecule has 1 aromatic rings. The van der Waals surface area contributed by atoms with E-state index in [9.17, 15) is 0 Å². The van der Waals surface area contributed by atoms with E-state index in [0.717, 1.165) is 18.3 Å². The van der Waals surface area contributed by atoms with Crippen LogP contribution in [0.1, 0.15) is 52.0 Å². The minimum atomic E-state index is 0.687. The Morgan fingerprint density at radius 3 is 2.50 bits per heavy atom. The van der Waals surface area contributed by atoms with Crippen LogP contribution in [0.15, 0.2) is 24.3 Å². The lowest BCUT2D eigenvalue weighted by Crippen LogP contribution is -2.27. The first-order chi connectivity index (χ1) is 8.69. The van der Waals surface area contributed by atoms with Crippen molar-refractivity contribution in [3.8, 4) is 0 Å². The highest BCUT2D eigenvalue weighted by Crippen LogP contribution is 2.31. The quantitative estimate of drug-likeness (QED) is 0.797. The second-order valence-electron chi connectivity index (χ2n) is 6.05. The summed E-state index contributed by atoms with van der Waals surface area (Å²) in [7, 11) is 0. The molecule has 1 aliphatic rings. The molecule has 100 valence electrons. The predicted octanol–water partition coefficient (Wildman–Crippen LogP) is 4.88. The van der Waals surface area contributed by atoms with Crippen molar-refractivity contribution in [1.82, 2.24) is 0 Å². The number of benzene rings is 1. The van der Waals surface area contributed by atoms with Gasteiger partial charge in [-0.1, -0.05) is 32.9 Å². The fraction of sp³-hybridized carbons (Fsp3) is 0.647. The van der Waals surface area contributed by atoms with Gasteiger partial charge in [0, 0.05) is 11.7 Å². The summed E-state index contributed by atoms with van der Waals surface area (Å²) in [5, 5.41) is 3.72. The lowest BCUT2D eigenvalue weighted by Gasteiger charge is -2.32. The van der Waals surface area contributed by atoms with Crippen LogP contribution in [0.25, 0.3) is 0 Å². The van der Waals surface area contributed by atoms with Gasteiger partial charge in [0.05, 0.1) is 0 Å². The molecule has 0 atom stereocenters. The molecular weight excluding hydrogens is 218 g/mol. The Balaban J connectivity index is 1.87. The molecule has 1 aromatic carbocycles. The number of aryl methyl sites for hydroxylation is 1. The van der Waals surface area contributed by atoms with E-state index >= 15 is 0 Å². The van der Waals surface area contributed by atoms with Gasteiger partial charge in [-0.25, -0.2) is 0 Å². The number of rotatable bonds is 4. The van der Waals surface area contributed by atoms with Gasteiger partial charge in [0.25, 0.3) is 0 Å². The van der Waals surface area contributed by atoms with Gasteiger partial charge in [-0.3, -0.25) is 0 Å². The van der Waals surface area contributed by atoms with Crippen LogP contribution < -0.4 is 5.32 Å². The average Bonchev–Trinajstić information content (AvgIpc) is 2.39. The van der Waals surface area contributed by atoms with Crippen LogP contribution in [0.4, 0.5) is 5.69 Å². The molecule has 0 aliphatic heterocycles. The lowest BCUT2D eigenvalue weighted by atomic mass is 9.79. The Hall–Kier alpha value is -0.980. The van der Waals surface area contributed by atoms with E-state index < -0.39 is 0 Å². The summed E-state index contributed by atoms with van der Waals surface area (Å²) in [6, 6.07) is 9.57. The zero-order valence-corrected chi connectivity index (χ0v) is 12.1. The normalized spacial score (nSPS) is 24.2. The fourth-order valence-corrected chi connectivity index (χ4v) is 3.05. The van der Waals surface area contributed by atoms with Crippen molar-refractivity contribution in [3.63, 3.8) is 0 Å². The van der Waals surface area contributed by atoms with Crippen LogP contribution in [0.2, 0.25) is 0 Å². The monoisotopic (exact) mass is 245 g/mol. The Morgan fingerprint density at radius 1 is 1.17 bits per heavy atom. The highest BCUT2D eigenvalue weighted by Gasteiger charge is 2.22. The molecule has 0 saturated heterocycles. The minimum absolute atomic E-state index is 0.687. The molecule has 1 saturated carbocycles. The van der Waals surface area contributed by atoms with E-state index in [2.05, 4.69) is 50.4 Å². The Labute approximate surface area is 112 Å². The van der Waals surface area contributed by atoms with Gasteiger partial charge in [0.2, 0.25) is 0 Å². The third-order valence-corrected chi connectivity index (χ3v) is 4.42. The second kappa shape index (κ2) is 6.26. The van der Waals surface area contributed by atoms with Crippen molar-refractivity contribution in [2.45, 2.75) is 58.9 Å². The highest BCUT2D eigenvalue weighted by molar-refractivity contribution is 5.46. The summed E-state index contributed by atoms with van der Waals surface area (Å²) < 4.78 is 0. The molecule has 0 spiro atoms. The SMILES string of the molecule is CCc1cccc(NC2CCC(C(C)C)CC2)c1. The molecule has 1 heteroatoms. The van der Waals surface area contributed by atoms with E-state index in [1.54, 1.807) is 0 Å². The van der Waals surface area contributed by atoms with Crippen molar-refractivity contribution in [3.05, 3.63) is 29.8 Å². The Morgan fingerprint density at radius 2 is 1.89 bits per heavy atom. The van der Waals surface area contributed by atoms with Gasteiger partial charge in [-0.05, 0) is 61.6 Å².